The van der Waals surface area contributed by atoms with E-state index in [0.29, 0.717) is 0 Å². The van der Waals surface area contributed by atoms with Crippen LogP contribution in [-0.4, -0.2) is 0 Å². The van der Waals surface area contributed by atoms with Gasteiger partial charge in [0.1, 0.15) is 0 Å². The molecule has 0 aliphatic heterocycles. The molecule has 6 aromatic rings. The first-order valence-corrected chi connectivity index (χ1v) is 16.9. The highest BCUT2D eigenvalue weighted by atomic mass is 15.1. The summed E-state index contributed by atoms with van der Waals surface area (Å²) in [4.78, 5) is 2.46. The van der Waals surface area contributed by atoms with Crippen molar-refractivity contribution in [2.45, 2.75) is 64.2 Å². The van der Waals surface area contributed by atoms with Crippen LogP contribution in [-0.2, 0) is 10.8 Å². The summed E-state index contributed by atoms with van der Waals surface area (Å²) in [6.07, 6.45) is 4.38. The van der Waals surface area contributed by atoms with E-state index >= 15 is 0 Å². The SMILES string of the molecule is CCC1(CC)c2ccccc2-c2cc(N(c3ccccc3)c3ccc4c(c3)-c3cc5ccccc5cc3C4(CC)CC)ccc21. The van der Waals surface area contributed by atoms with Crippen LogP contribution in [0.1, 0.15) is 75.6 Å². The molecule has 45 heavy (non-hydrogen) atoms. The van der Waals surface area contributed by atoms with Gasteiger partial charge in [0.15, 0.2) is 0 Å². The maximum atomic E-state index is 2.47. The topological polar surface area (TPSA) is 3.24 Å². The molecule has 6 aromatic carbocycles. The Morgan fingerprint density at radius 3 is 1.47 bits per heavy atom. The van der Waals surface area contributed by atoms with Crippen LogP contribution < -0.4 is 4.90 Å². The highest BCUT2D eigenvalue weighted by Crippen LogP contribution is 2.56. The predicted molar refractivity (Wildman–Crippen MR) is 192 cm³/mol. The summed E-state index contributed by atoms with van der Waals surface area (Å²) in [6.45, 7) is 9.41. The van der Waals surface area contributed by atoms with Gasteiger partial charge in [0.05, 0.1) is 0 Å². The zero-order chi connectivity index (χ0) is 30.8. The van der Waals surface area contributed by atoms with Crippen LogP contribution in [0.25, 0.3) is 33.0 Å². The number of nitrogens with zero attached hydrogens (tertiary/aromatic N) is 1. The smallest absolute Gasteiger partial charge is 0.0468 e. The third-order valence-corrected chi connectivity index (χ3v) is 11.4. The highest BCUT2D eigenvalue weighted by molar-refractivity contribution is 5.95. The van der Waals surface area contributed by atoms with Gasteiger partial charge in [-0.3, -0.25) is 0 Å². The van der Waals surface area contributed by atoms with Gasteiger partial charge in [-0.1, -0.05) is 107 Å². The van der Waals surface area contributed by atoms with E-state index in [0.717, 1.165) is 25.7 Å². The molecule has 2 aliphatic carbocycles. The maximum absolute atomic E-state index is 2.47. The third kappa shape index (κ3) is 3.86. The minimum absolute atomic E-state index is 0.0335. The molecular weight excluding hydrogens is 542 g/mol. The average molecular weight is 584 g/mol. The molecular formula is C44H41N. The van der Waals surface area contributed by atoms with Gasteiger partial charge >= 0.3 is 0 Å². The summed E-state index contributed by atoms with van der Waals surface area (Å²) in [7, 11) is 0. The Kier molecular flexibility index (Phi) is 6.50. The van der Waals surface area contributed by atoms with Crippen LogP contribution in [0.4, 0.5) is 17.1 Å². The molecule has 0 saturated carbocycles. The van der Waals surface area contributed by atoms with Gasteiger partial charge in [0.2, 0.25) is 0 Å². The van der Waals surface area contributed by atoms with E-state index in [4.69, 9.17) is 0 Å². The Hall–Kier alpha value is -4.62. The Bertz CT molecular complexity index is 2060. The fourth-order valence-corrected chi connectivity index (χ4v) is 8.96. The van der Waals surface area contributed by atoms with E-state index in [2.05, 4.69) is 160 Å². The lowest BCUT2D eigenvalue weighted by Crippen LogP contribution is -2.23. The van der Waals surface area contributed by atoms with Crippen LogP contribution in [0.5, 0.6) is 0 Å². The number of rotatable bonds is 7. The third-order valence-electron chi connectivity index (χ3n) is 11.4. The zero-order valence-corrected chi connectivity index (χ0v) is 26.9. The number of anilines is 3. The monoisotopic (exact) mass is 583 g/mol. The van der Waals surface area contributed by atoms with Crippen LogP contribution in [0.3, 0.4) is 0 Å². The lowest BCUT2D eigenvalue weighted by Gasteiger charge is -2.31. The Morgan fingerprint density at radius 1 is 0.378 bits per heavy atom. The van der Waals surface area contributed by atoms with Gasteiger partial charge in [-0.15, -0.1) is 0 Å². The molecule has 0 amide bonds. The molecule has 8 rings (SSSR count). The highest BCUT2D eigenvalue weighted by Gasteiger charge is 2.42. The molecule has 0 bridgehead atoms. The van der Waals surface area contributed by atoms with E-state index in [9.17, 15) is 0 Å². The summed E-state index contributed by atoms with van der Waals surface area (Å²) in [5.41, 5.74) is 15.1. The Labute approximate surface area is 268 Å². The average Bonchev–Trinajstić information content (AvgIpc) is 3.54. The first kappa shape index (κ1) is 27.9. The molecule has 1 nitrogen and oxygen atoms in total. The Morgan fingerprint density at radius 2 is 0.844 bits per heavy atom. The van der Waals surface area contributed by atoms with Crippen LogP contribution in [0.15, 0.2) is 127 Å². The fourth-order valence-electron chi connectivity index (χ4n) is 8.96. The van der Waals surface area contributed by atoms with Crippen molar-refractivity contribution in [3.05, 3.63) is 150 Å². The molecule has 0 spiro atoms. The van der Waals surface area contributed by atoms with Crippen molar-refractivity contribution >= 4 is 27.8 Å². The van der Waals surface area contributed by atoms with Crippen molar-refractivity contribution in [1.82, 2.24) is 0 Å². The van der Waals surface area contributed by atoms with E-state index in [-0.39, 0.29) is 10.8 Å². The first-order valence-electron chi connectivity index (χ1n) is 16.9. The number of para-hydroxylation sites is 1. The van der Waals surface area contributed by atoms with E-state index < -0.39 is 0 Å². The quantitative estimate of drug-likeness (QED) is 0.181. The largest absolute Gasteiger partial charge is 0.310 e. The Balaban J connectivity index is 1.34. The zero-order valence-electron chi connectivity index (χ0n) is 26.9. The fraction of sp³-hybridized carbons (Fsp3) is 0.227. The summed E-state index contributed by atoms with van der Waals surface area (Å²) in [5.74, 6) is 0. The summed E-state index contributed by atoms with van der Waals surface area (Å²) in [5, 5.41) is 2.64. The molecule has 0 aromatic heterocycles. The molecule has 0 atom stereocenters. The molecule has 0 saturated heterocycles. The lowest BCUT2D eigenvalue weighted by atomic mass is 9.73. The standard InChI is InChI=1S/C44H41N/c1-5-43(6-2)39-21-15-14-20-35(39)37-28-33(22-24-40(37)43)45(32-18-10-9-11-19-32)34-23-25-41-38(29-34)36-26-30-16-12-13-17-31(30)27-42(36)44(41,7-3)8-4/h9-29H,5-8H2,1-4H3. The van der Waals surface area contributed by atoms with E-state index in [1.165, 1.54) is 72.3 Å². The molecule has 0 heterocycles. The second-order valence-corrected chi connectivity index (χ2v) is 13.0. The second-order valence-electron chi connectivity index (χ2n) is 13.0. The predicted octanol–water partition coefficient (Wildman–Crippen LogP) is 12.5. The van der Waals surface area contributed by atoms with Crippen molar-refractivity contribution in [3.8, 4) is 22.3 Å². The normalized spacial score (nSPS) is 14.9. The van der Waals surface area contributed by atoms with Crippen molar-refractivity contribution in [1.29, 1.82) is 0 Å². The molecule has 0 N–H and O–H groups in total. The molecule has 0 unspecified atom stereocenters. The van der Waals surface area contributed by atoms with Crippen LogP contribution in [0.2, 0.25) is 0 Å². The minimum Gasteiger partial charge on any atom is -0.310 e. The van der Waals surface area contributed by atoms with Crippen molar-refractivity contribution < 1.29 is 0 Å². The number of benzene rings is 6. The van der Waals surface area contributed by atoms with E-state index in [1.54, 1.807) is 0 Å². The molecule has 0 fully saturated rings. The summed E-state index contributed by atoms with van der Waals surface area (Å²) >= 11 is 0. The maximum Gasteiger partial charge on any atom is 0.0468 e. The van der Waals surface area contributed by atoms with Crippen molar-refractivity contribution in [3.63, 3.8) is 0 Å². The number of hydrogen-bond donors (Lipinski definition) is 0. The molecule has 222 valence electrons. The van der Waals surface area contributed by atoms with Crippen LogP contribution in [0, 0.1) is 0 Å². The van der Waals surface area contributed by atoms with Crippen LogP contribution >= 0.6 is 0 Å². The van der Waals surface area contributed by atoms with Gasteiger partial charge in [-0.25, -0.2) is 0 Å². The van der Waals surface area contributed by atoms with Crippen molar-refractivity contribution in [2.24, 2.45) is 0 Å². The van der Waals surface area contributed by atoms with E-state index in [1.807, 2.05) is 0 Å². The van der Waals surface area contributed by atoms with Gasteiger partial charge in [-0.05, 0) is 129 Å². The first-order chi connectivity index (χ1) is 22.1. The van der Waals surface area contributed by atoms with Crippen molar-refractivity contribution in [2.75, 3.05) is 4.90 Å². The molecule has 1 heteroatoms. The van der Waals surface area contributed by atoms with Gasteiger partial charge in [0.25, 0.3) is 0 Å². The summed E-state index contributed by atoms with van der Waals surface area (Å²) in [6, 6.07) is 48.2. The number of fused-ring (bicyclic) bond motifs is 7. The number of hydrogen-bond acceptors (Lipinski definition) is 1. The molecule has 0 radical (unpaired) electrons. The van der Waals surface area contributed by atoms with Gasteiger partial charge in [0, 0.05) is 27.9 Å². The minimum atomic E-state index is 0.0335. The molecule has 2 aliphatic rings. The van der Waals surface area contributed by atoms with Gasteiger partial charge in [-0.2, -0.15) is 0 Å². The van der Waals surface area contributed by atoms with Gasteiger partial charge < -0.3 is 4.90 Å². The lowest BCUT2D eigenvalue weighted by molar-refractivity contribution is 0.490. The summed E-state index contributed by atoms with van der Waals surface area (Å²) < 4.78 is 0. The second kappa shape index (κ2) is 10.5.